The van der Waals surface area contributed by atoms with Crippen molar-refractivity contribution >= 4 is 17.4 Å². The van der Waals surface area contributed by atoms with Gasteiger partial charge in [-0.3, -0.25) is 0 Å². The molecule has 2 rings (SSSR count). The number of hydrogen-bond donors (Lipinski definition) is 1. The first-order chi connectivity index (χ1) is 8.66. The van der Waals surface area contributed by atoms with Crippen molar-refractivity contribution in [3.63, 3.8) is 0 Å². The summed E-state index contributed by atoms with van der Waals surface area (Å²) in [6.07, 6.45) is 4.73. The molecule has 2 amide bonds. The highest BCUT2D eigenvalue weighted by atomic mass is 32.1. The Balaban J connectivity index is 1.89. The third kappa shape index (κ3) is 3.45. The topological polar surface area (TPSA) is 45.2 Å². The maximum absolute atomic E-state index is 12.1. The molecule has 1 aliphatic heterocycles. The van der Waals surface area contributed by atoms with Gasteiger partial charge in [-0.2, -0.15) is 0 Å². The SMILES string of the molecule is Cc1nc([C@@H](C)NC(=O)N2CCCCCC2)cs1. The van der Waals surface area contributed by atoms with E-state index >= 15 is 0 Å². The molecule has 1 aromatic rings. The molecule has 0 unspecified atom stereocenters. The van der Waals surface area contributed by atoms with E-state index in [1.165, 1.54) is 12.8 Å². The highest BCUT2D eigenvalue weighted by Gasteiger charge is 2.18. The molecular formula is C13H21N3OS. The number of aryl methyl sites for hydroxylation is 1. The molecule has 0 spiro atoms. The first-order valence-electron chi connectivity index (χ1n) is 6.64. The average Bonchev–Trinajstić information content (AvgIpc) is 2.63. The van der Waals surface area contributed by atoms with Crippen LogP contribution >= 0.6 is 11.3 Å². The number of likely N-dealkylation sites (tertiary alicyclic amines) is 1. The number of aromatic nitrogens is 1. The summed E-state index contributed by atoms with van der Waals surface area (Å²) in [5.41, 5.74) is 0.959. The van der Waals surface area contributed by atoms with Crippen LogP contribution in [0.25, 0.3) is 0 Å². The molecule has 0 aromatic carbocycles. The lowest BCUT2D eigenvalue weighted by molar-refractivity contribution is 0.196. The zero-order chi connectivity index (χ0) is 13.0. The Kier molecular flexibility index (Phi) is 4.58. The Morgan fingerprint density at radius 1 is 1.39 bits per heavy atom. The van der Waals surface area contributed by atoms with Gasteiger partial charge in [-0.1, -0.05) is 12.8 Å². The molecule has 0 saturated carbocycles. The van der Waals surface area contributed by atoms with Gasteiger partial charge in [0.1, 0.15) is 0 Å². The number of amides is 2. The summed E-state index contributed by atoms with van der Waals surface area (Å²) in [4.78, 5) is 18.5. The molecule has 1 fully saturated rings. The molecule has 1 atom stereocenters. The van der Waals surface area contributed by atoms with Gasteiger partial charge >= 0.3 is 6.03 Å². The molecule has 0 radical (unpaired) electrons. The van der Waals surface area contributed by atoms with E-state index in [4.69, 9.17) is 0 Å². The lowest BCUT2D eigenvalue weighted by Gasteiger charge is -2.23. The van der Waals surface area contributed by atoms with Crippen LogP contribution in [0, 0.1) is 6.92 Å². The molecule has 2 heterocycles. The van der Waals surface area contributed by atoms with Gasteiger partial charge in [0.2, 0.25) is 0 Å². The van der Waals surface area contributed by atoms with E-state index in [0.717, 1.165) is 36.6 Å². The minimum absolute atomic E-state index is 0.00861. The van der Waals surface area contributed by atoms with Crippen LogP contribution in [0.4, 0.5) is 4.79 Å². The van der Waals surface area contributed by atoms with Crippen LogP contribution in [0.2, 0.25) is 0 Å². The summed E-state index contributed by atoms with van der Waals surface area (Å²) in [5.74, 6) is 0. The second-order valence-corrected chi connectivity index (χ2v) is 5.93. The van der Waals surface area contributed by atoms with Crippen molar-refractivity contribution < 1.29 is 4.79 Å². The maximum atomic E-state index is 12.1. The predicted octanol–water partition coefficient (Wildman–Crippen LogP) is 3.10. The quantitative estimate of drug-likeness (QED) is 0.895. The molecule has 18 heavy (non-hydrogen) atoms. The van der Waals surface area contributed by atoms with Crippen molar-refractivity contribution in [2.75, 3.05) is 13.1 Å². The smallest absolute Gasteiger partial charge is 0.317 e. The number of carbonyl (C=O) groups is 1. The fourth-order valence-corrected chi connectivity index (χ4v) is 2.91. The number of nitrogens with one attached hydrogen (secondary N) is 1. The summed E-state index contributed by atoms with van der Waals surface area (Å²) < 4.78 is 0. The number of thiazole rings is 1. The molecule has 1 N–H and O–H groups in total. The molecule has 100 valence electrons. The third-order valence-electron chi connectivity index (χ3n) is 3.31. The first-order valence-corrected chi connectivity index (χ1v) is 7.52. The normalized spacial score (nSPS) is 18.2. The number of rotatable bonds is 2. The average molecular weight is 267 g/mol. The third-order valence-corrected chi connectivity index (χ3v) is 4.11. The van der Waals surface area contributed by atoms with E-state index in [1.807, 2.05) is 24.1 Å². The summed E-state index contributed by atoms with van der Waals surface area (Å²) in [7, 11) is 0. The van der Waals surface area contributed by atoms with E-state index in [9.17, 15) is 4.79 Å². The van der Waals surface area contributed by atoms with E-state index in [1.54, 1.807) is 11.3 Å². The van der Waals surface area contributed by atoms with Crippen LogP contribution in [0.5, 0.6) is 0 Å². The van der Waals surface area contributed by atoms with Crippen molar-refractivity contribution in [1.82, 2.24) is 15.2 Å². The Morgan fingerprint density at radius 2 is 2.06 bits per heavy atom. The standard InChI is InChI=1S/C13H21N3OS/c1-10(12-9-18-11(2)15-12)14-13(17)16-7-5-3-4-6-8-16/h9-10H,3-8H2,1-2H3,(H,14,17)/t10-/m1/s1. The molecule has 1 saturated heterocycles. The van der Waals surface area contributed by atoms with Gasteiger partial charge in [-0.05, 0) is 26.7 Å². The van der Waals surface area contributed by atoms with Crippen LogP contribution < -0.4 is 5.32 Å². The zero-order valence-electron chi connectivity index (χ0n) is 11.1. The molecule has 0 bridgehead atoms. The molecule has 0 aliphatic carbocycles. The fraction of sp³-hybridized carbons (Fsp3) is 0.692. The monoisotopic (exact) mass is 267 g/mol. The van der Waals surface area contributed by atoms with Crippen molar-refractivity contribution in [2.24, 2.45) is 0 Å². The highest BCUT2D eigenvalue weighted by Crippen LogP contribution is 2.16. The second kappa shape index (κ2) is 6.18. The van der Waals surface area contributed by atoms with E-state index in [-0.39, 0.29) is 12.1 Å². The summed E-state index contributed by atoms with van der Waals surface area (Å²) >= 11 is 1.62. The Labute approximate surface area is 112 Å². The Bertz CT molecular complexity index is 397. The number of hydrogen-bond acceptors (Lipinski definition) is 3. The first kappa shape index (κ1) is 13.3. The van der Waals surface area contributed by atoms with Crippen molar-refractivity contribution in [3.8, 4) is 0 Å². The maximum Gasteiger partial charge on any atom is 0.317 e. The second-order valence-electron chi connectivity index (χ2n) is 4.86. The summed E-state index contributed by atoms with van der Waals surface area (Å²) in [6.45, 7) is 5.74. The largest absolute Gasteiger partial charge is 0.330 e. The van der Waals surface area contributed by atoms with Crippen LogP contribution in [0.1, 0.15) is 49.4 Å². The van der Waals surface area contributed by atoms with Crippen LogP contribution in [-0.4, -0.2) is 29.0 Å². The minimum atomic E-state index is -0.00861. The number of carbonyl (C=O) groups excluding carboxylic acids is 1. The van der Waals surface area contributed by atoms with Crippen LogP contribution in [0.15, 0.2) is 5.38 Å². The minimum Gasteiger partial charge on any atom is -0.330 e. The van der Waals surface area contributed by atoms with Gasteiger partial charge in [-0.15, -0.1) is 11.3 Å². The van der Waals surface area contributed by atoms with Crippen molar-refractivity contribution in [2.45, 2.75) is 45.6 Å². The van der Waals surface area contributed by atoms with E-state index in [2.05, 4.69) is 10.3 Å². The predicted molar refractivity (Wildman–Crippen MR) is 73.8 cm³/mol. The number of urea groups is 1. The van der Waals surface area contributed by atoms with E-state index in [0.29, 0.717) is 0 Å². The Morgan fingerprint density at radius 3 is 2.61 bits per heavy atom. The number of nitrogens with zero attached hydrogens (tertiary/aromatic N) is 2. The molecule has 1 aromatic heterocycles. The Hall–Kier alpha value is -1.10. The van der Waals surface area contributed by atoms with Gasteiger partial charge in [0.25, 0.3) is 0 Å². The van der Waals surface area contributed by atoms with Crippen molar-refractivity contribution in [3.05, 3.63) is 16.1 Å². The van der Waals surface area contributed by atoms with Crippen molar-refractivity contribution in [1.29, 1.82) is 0 Å². The lowest BCUT2D eigenvalue weighted by atomic mass is 10.2. The van der Waals surface area contributed by atoms with E-state index < -0.39 is 0 Å². The van der Waals surface area contributed by atoms with Crippen LogP contribution in [0.3, 0.4) is 0 Å². The summed E-state index contributed by atoms with van der Waals surface area (Å²) in [5, 5.41) is 6.10. The van der Waals surface area contributed by atoms with Crippen LogP contribution in [-0.2, 0) is 0 Å². The van der Waals surface area contributed by atoms with Gasteiger partial charge in [-0.25, -0.2) is 9.78 Å². The molecule has 1 aliphatic rings. The molecule has 5 heteroatoms. The molecule has 4 nitrogen and oxygen atoms in total. The van der Waals surface area contributed by atoms with Gasteiger partial charge in [0.15, 0.2) is 0 Å². The summed E-state index contributed by atoms with van der Waals surface area (Å²) in [6, 6.07) is 0.0424. The van der Waals surface area contributed by atoms with Gasteiger partial charge < -0.3 is 10.2 Å². The van der Waals surface area contributed by atoms with Gasteiger partial charge in [0.05, 0.1) is 16.7 Å². The molecular weight excluding hydrogens is 246 g/mol. The lowest BCUT2D eigenvalue weighted by Crippen LogP contribution is -2.41. The zero-order valence-corrected chi connectivity index (χ0v) is 11.9. The highest BCUT2D eigenvalue weighted by molar-refractivity contribution is 7.09. The van der Waals surface area contributed by atoms with Gasteiger partial charge in [0, 0.05) is 18.5 Å². The fourth-order valence-electron chi connectivity index (χ4n) is 2.20.